The van der Waals surface area contributed by atoms with Crippen molar-refractivity contribution in [1.29, 1.82) is 0 Å². The highest BCUT2D eigenvalue weighted by Crippen LogP contribution is 2.07. The number of nitrogens with one attached hydrogen (secondary N) is 1. The predicted molar refractivity (Wildman–Crippen MR) is 39.1 cm³/mol. The van der Waals surface area contributed by atoms with Gasteiger partial charge in [-0.1, -0.05) is 20.8 Å². The van der Waals surface area contributed by atoms with Crippen LogP contribution < -0.4 is 5.43 Å². The molecule has 0 atom stereocenters. The van der Waals surface area contributed by atoms with E-state index in [-0.39, 0.29) is 5.41 Å². The van der Waals surface area contributed by atoms with Gasteiger partial charge in [-0.05, 0) is 5.41 Å². The monoisotopic (exact) mass is 144 g/mol. The molecule has 0 radical (unpaired) electrons. The Morgan fingerprint density at radius 1 is 1.60 bits per heavy atom. The van der Waals surface area contributed by atoms with Gasteiger partial charge in [0.15, 0.2) is 0 Å². The normalized spacial score (nSPS) is 11.9. The van der Waals surface area contributed by atoms with Crippen LogP contribution in [-0.2, 0) is 0 Å². The Bertz CT molecular complexity index is 146. The molecule has 1 amide bonds. The Labute approximate surface area is 59.9 Å². The Hall–Kier alpha value is -1.06. The maximum atomic E-state index is 9.86. The lowest BCUT2D eigenvalue weighted by atomic mass is 9.99. The van der Waals surface area contributed by atoms with Gasteiger partial charge in [0.2, 0.25) is 0 Å². The first kappa shape index (κ1) is 8.94. The first-order valence-electron chi connectivity index (χ1n) is 2.95. The maximum Gasteiger partial charge on any atom is 0.425 e. The van der Waals surface area contributed by atoms with E-state index in [0.29, 0.717) is 0 Å². The van der Waals surface area contributed by atoms with Crippen molar-refractivity contribution >= 4 is 12.3 Å². The minimum Gasteiger partial charge on any atom is -0.464 e. The lowest BCUT2D eigenvalue weighted by Gasteiger charge is -2.08. The largest absolute Gasteiger partial charge is 0.464 e. The molecular formula is C6H12N2O2. The Morgan fingerprint density at radius 2 is 2.10 bits per heavy atom. The van der Waals surface area contributed by atoms with Gasteiger partial charge in [0.1, 0.15) is 0 Å². The van der Waals surface area contributed by atoms with Crippen molar-refractivity contribution in [3.05, 3.63) is 0 Å². The quantitative estimate of drug-likeness (QED) is 0.430. The molecule has 0 saturated carbocycles. The molecule has 0 unspecified atom stereocenters. The third-order valence-electron chi connectivity index (χ3n) is 0.612. The van der Waals surface area contributed by atoms with E-state index >= 15 is 0 Å². The van der Waals surface area contributed by atoms with Crippen molar-refractivity contribution in [2.45, 2.75) is 20.8 Å². The maximum absolute atomic E-state index is 9.86. The SMILES string of the molecule is CC(C)(C)C=NNC(=O)O. The van der Waals surface area contributed by atoms with Crippen LogP contribution in [0.5, 0.6) is 0 Å². The number of nitrogens with zero attached hydrogens (tertiary/aromatic N) is 1. The van der Waals surface area contributed by atoms with Crippen LogP contribution in [0.25, 0.3) is 0 Å². The summed E-state index contributed by atoms with van der Waals surface area (Å²) in [4.78, 5) is 9.86. The standard InChI is InChI=1S/C6H12N2O2/c1-6(2,3)4-7-8-5(9)10/h4,8H,1-3H3,(H,9,10). The summed E-state index contributed by atoms with van der Waals surface area (Å²) < 4.78 is 0. The van der Waals surface area contributed by atoms with Crippen molar-refractivity contribution in [1.82, 2.24) is 5.43 Å². The highest BCUT2D eigenvalue weighted by Gasteiger charge is 2.04. The van der Waals surface area contributed by atoms with Gasteiger partial charge in [0.05, 0.1) is 0 Å². The molecule has 0 aromatic heterocycles. The second kappa shape index (κ2) is 3.20. The number of hydrogen-bond donors (Lipinski definition) is 2. The van der Waals surface area contributed by atoms with Crippen LogP contribution in [0, 0.1) is 5.41 Å². The molecule has 0 aromatic carbocycles. The number of amides is 1. The average Bonchev–Trinajstić information content (AvgIpc) is 1.59. The molecule has 0 bridgehead atoms. The average molecular weight is 144 g/mol. The third-order valence-corrected chi connectivity index (χ3v) is 0.612. The smallest absolute Gasteiger partial charge is 0.425 e. The van der Waals surface area contributed by atoms with Crippen LogP contribution in [0.4, 0.5) is 4.79 Å². The van der Waals surface area contributed by atoms with Crippen molar-refractivity contribution in [3.8, 4) is 0 Å². The highest BCUT2D eigenvalue weighted by molar-refractivity contribution is 5.69. The number of rotatable bonds is 1. The zero-order chi connectivity index (χ0) is 8.20. The molecule has 0 aliphatic rings. The van der Waals surface area contributed by atoms with Crippen LogP contribution in [0.3, 0.4) is 0 Å². The van der Waals surface area contributed by atoms with Crippen molar-refractivity contribution in [2.75, 3.05) is 0 Å². The molecule has 0 spiro atoms. The van der Waals surface area contributed by atoms with Gasteiger partial charge in [-0.25, -0.2) is 10.2 Å². The van der Waals surface area contributed by atoms with E-state index in [1.165, 1.54) is 0 Å². The Kier molecular flexibility index (Phi) is 2.86. The fourth-order valence-electron chi connectivity index (χ4n) is 0.281. The summed E-state index contributed by atoms with van der Waals surface area (Å²) in [7, 11) is 0. The van der Waals surface area contributed by atoms with E-state index in [0.717, 1.165) is 0 Å². The summed E-state index contributed by atoms with van der Waals surface area (Å²) in [6.07, 6.45) is 0.404. The van der Waals surface area contributed by atoms with E-state index in [4.69, 9.17) is 5.11 Å². The predicted octanol–water partition coefficient (Wildman–Crippen LogP) is 1.29. The topological polar surface area (TPSA) is 61.7 Å². The van der Waals surface area contributed by atoms with Gasteiger partial charge in [0.25, 0.3) is 0 Å². The van der Waals surface area contributed by atoms with E-state index in [1.54, 1.807) is 6.21 Å². The minimum atomic E-state index is -1.14. The number of carboxylic acid groups (broad SMARTS) is 1. The minimum absolute atomic E-state index is 0.0809. The van der Waals surface area contributed by atoms with Crippen LogP contribution >= 0.6 is 0 Å². The summed E-state index contributed by atoms with van der Waals surface area (Å²) in [5, 5.41) is 11.6. The van der Waals surface area contributed by atoms with Crippen LogP contribution in [0.15, 0.2) is 5.10 Å². The number of hydrazone groups is 1. The third kappa shape index (κ3) is 6.94. The second-order valence-electron chi connectivity index (χ2n) is 3.04. The molecule has 4 nitrogen and oxygen atoms in total. The summed E-state index contributed by atoms with van der Waals surface area (Å²) >= 11 is 0. The van der Waals surface area contributed by atoms with E-state index in [1.807, 2.05) is 26.2 Å². The molecule has 0 rings (SSSR count). The Balaban J connectivity index is 3.67. The van der Waals surface area contributed by atoms with E-state index in [9.17, 15) is 4.79 Å². The fourth-order valence-corrected chi connectivity index (χ4v) is 0.281. The summed E-state index contributed by atoms with van der Waals surface area (Å²) in [6.45, 7) is 5.79. The molecule has 0 fully saturated rings. The van der Waals surface area contributed by atoms with E-state index in [2.05, 4.69) is 5.10 Å². The molecular weight excluding hydrogens is 132 g/mol. The van der Waals surface area contributed by atoms with Crippen LogP contribution in [0.1, 0.15) is 20.8 Å². The zero-order valence-electron chi connectivity index (χ0n) is 6.38. The lowest BCUT2D eigenvalue weighted by Crippen LogP contribution is -2.16. The molecule has 0 saturated heterocycles. The lowest BCUT2D eigenvalue weighted by molar-refractivity contribution is 0.195. The van der Waals surface area contributed by atoms with Crippen LogP contribution in [0.2, 0.25) is 0 Å². The van der Waals surface area contributed by atoms with Crippen molar-refractivity contribution in [2.24, 2.45) is 10.5 Å². The molecule has 0 heterocycles. The molecule has 0 aliphatic carbocycles. The van der Waals surface area contributed by atoms with Crippen LogP contribution in [-0.4, -0.2) is 17.4 Å². The molecule has 58 valence electrons. The van der Waals surface area contributed by atoms with Gasteiger partial charge in [-0.2, -0.15) is 5.10 Å². The molecule has 10 heavy (non-hydrogen) atoms. The molecule has 2 N–H and O–H groups in total. The van der Waals surface area contributed by atoms with Gasteiger partial charge in [0, 0.05) is 6.21 Å². The Morgan fingerprint density at radius 3 is 2.40 bits per heavy atom. The number of hydrogen-bond acceptors (Lipinski definition) is 2. The first-order chi connectivity index (χ1) is 4.42. The van der Waals surface area contributed by atoms with Gasteiger partial charge in [-0.3, -0.25) is 0 Å². The zero-order valence-corrected chi connectivity index (χ0v) is 6.38. The molecule has 4 heteroatoms. The summed E-state index contributed by atoms with van der Waals surface area (Å²) in [5.74, 6) is 0. The first-order valence-corrected chi connectivity index (χ1v) is 2.95. The molecule has 0 aromatic rings. The fraction of sp³-hybridized carbons (Fsp3) is 0.667. The summed E-state index contributed by atoms with van der Waals surface area (Å²) in [5.41, 5.74) is 1.81. The van der Waals surface area contributed by atoms with Crippen molar-refractivity contribution in [3.63, 3.8) is 0 Å². The van der Waals surface area contributed by atoms with Gasteiger partial charge < -0.3 is 5.11 Å². The highest BCUT2D eigenvalue weighted by atomic mass is 16.4. The second-order valence-corrected chi connectivity index (χ2v) is 3.04. The number of carbonyl (C=O) groups is 1. The van der Waals surface area contributed by atoms with Gasteiger partial charge in [-0.15, -0.1) is 0 Å². The molecule has 0 aliphatic heterocycles. The van der Waals surface area contributed by atoms with E-state index < -0.39 is 6.09 Å². The van der Waals surface area contributed by atoms with Crippen molar-refractivity contribution < 1.29 is 9.90 Å². The van der Waals surface area contributed by atoms with Gasteiger partial charge >= 0.3 is 6.09 Å². The summed E-state index contributed by atoms with van der Waals surface area (Å²) in [6, 6.07) is 0.